The van der Waals surface area contributed by atoms with E-state index in [2.05, 4.69) is 31.3 Å². The number of amides is 1. The van der Waals surface area contributed by atoms with Crippen LogP contribution in [-0.2, 0) is 6.54 Å². The van der Waals surface area contributed by atoms with Gasteiger partial charge in [-0.15, -0.1) is 22.7 Å². The highest BCUT2D eigenvalue weighted by molar-refractivity contribution is 9.10. The smallest absolute Gasteiger partial charge is 0.270 e. The summed E-state index contributed by atoms with van der Waals surface area (Å²) in [6, 6.07) is 2.01. The predicted octanol–water partition coefficient (Wildman–Crippen LogP) is 3.96. The van der Waals surface area contributed by atoms with E-state index in [1.54, 1.807) is 16.7 Å². The van der Waals surface area contributed by atoms with Gasteiger partial charge in [0.25, 0.3) is 5.91 Å². The summed E-state index contributed by atoms with van der Waals surface area (Å²) in [6.07, 6.45) is 4.66. The Morgan fingerprint density at radius 1 is 1.39 bits per heavy atom. The molecule has 0 aromatic carbocycles. The van der Waals surface area contributed by atoms with E-state index in [1.165, 1.54) is 11.3 Å². The molecule has 1 N–H and O–H groups in total. The van der Waals surface area contributed by atoms with Gasteiger partial charge < -0.3 is 5.32 Å². The van der Waals surface area contributed by atoms with Crippen molar-refractivity contribution in [2.45, 2.75) is 19.9 Å². The maximum absolute atomic E-state index is 12.1. The average molecular weight is 411 g/mol. The minimum absolute atomic E-state index is 0.125. The molecule has 120 valence electrons. The molecule has 23 heavy (non-hydrogen) atoms. The number of aryl methyl sites for hydroxylation is 2. The van der Waals surface area contributed by atoms with Crippen LogP contribution in [0.2, 0.25) is 0 Å². The molecule has 8 heteroatoms. The Kier molecular flexibility index (Phi) is 5.24. The molecule has 0 saturated heterocycles. The van der Waals surface area contributed by atoms with Crippen LogP contribution in [0.1, 0.15) is 22.5 Å². The van der Waals surface area contributed by atoms with Gasteiger partial charge in [-0.05, 0) is 40.9 Å². The van der Waals surface area contributed by atoms with Crippen molar-refractivity contribution in [2.75, 3.05) is 6.54 Å². The summed E-state index contributed by atoms with van der Waals surface area (Å²) in [5.74, 6) is -0.125. The van der Waals surface area contributed by atoms with E-state index in [0.717, 1.165) is 32.9 Å². The SMILES string of the molecule is Cc1cnn(CCCNC(=O)c2csc(-c3cc(Br)cs3)n2)c1. The maximum atomic E-state index is 12.1. The zero-order valence-corrected chi connectivity index (χ0v) is 15.7. The van der Waals surface area contributed by atoms with Crippen molar-refractivity contribution in [1.29, 1.82) is 0 Å². The number of hydrogen-bond donors (Lipinski definition) is 1. The van der Waals surface area contributed by atoms with Crippen molar-refractivity contribution in [1.82, 2.24) is 20.1 Å². The fourth-order valence-corrected chi connectivity index (χ4v) is 4.35. The molecule has 0 fully saturated rings. The molecule has 3 heterocycles. The Labute approximate surface area is 150 Å². The van der Waals surface area contributed by atoms with Gasteiger partial charge in [-0.3, -0.25) is 9.48 Å². The maximum Gasteiger partial charge on any atom is 0.270 e. The Morgan fingerprint density at radius 2 is 2.26 bits per heavy atom. The number of halogens is 1. The number of nitrogens with one attached hydrogen (secondary N) is 1. The van der Waals surface area contributed by atoms with E-state index in [1.807, 2.05) is 35.4 Å². The highest BCUT2D eigenvalue weighted by Crippen LogP contribution is 2.31. The number of rotatable bonds is 6. The first-order chi connectivity index (χ1) is 11.1. The predicted molar refractivity (Wildman–Crippen MR) is 97.0 cm³/mol. The van der Waals surface area contributed by atoms with Gasteiger partial charge in [0.2, 0.25) is 0 Å². The van der Waals surface area contributed by atoms with Crippen LogP contribution in [-0.4, -0.2) is 27.2 Å². The molecular weight excluding hydrogens is 396 g/mol. The molecule has 0 spiro atoms. The summed E-state index contributed by atoms with van der Waals surface area (Å²) in [6.45, 7) is 3.41. The molecule has 3 aromatic rings. The van der Waals surface area contributed by atoms with Gasteiger partial charge >= 0.3 is 0 Å². The molecule has 0 aliphatic rings. The second-order valence-corrected chi connectivity index (χ2v) is 7.74. The molecule has 1 amide bonds. The summed E-state index contributed by atoms with van der Waals surface area (Å²) < 4.78 is 2.92. The first-order valence-electron chi connectivity index (χ1n) is 7.09. The molecule has 0 saturated carbocycles. The van der Waals surface area contributed by atoms with E-state index >= 15 is 0 Å². The average Bonchev–Trinajstić information content (AvgIpc) is 3.24. The topological polar surface area (TPSA) is 59.8 Å². The Bertz CT molecular complexity index is 808. The standard InChI is InChI=1S/C15H15BrN4OS2/c1-10-6-18-20(7-10)4-2-3-17-14(21)12-9-23-15(19-12)13-5-11(16)8-22-13/h5-9H,2-4H2,1H3,(H,17,21). The normalized spacial score (nSPS) is 10.9. The molecule has 3 rings (SSSR count). The number of aromatic nitrogens is 3. The summed E-state index contributed by atoms with van der Waals surface area (Å²) in [4.78, 5) is 17.6. The largest absolute Gasteiger partial charge is 0.351 e. The van der Waals surface area contributed by atoms with Gasteiger partial charge in [0, 0.05) is 34.5 Å². The second-order valence-electron chi connectivity index (χ2n) is 5.06. The third kappa shape index (κ3) is 4.27. The number of nitrogens with zero attached hydrogens (tertiary/aromatic N) is 3. The molecule has 5 nitrogen and oxygen atoms in total. The van der Waals surface area contributed by atoms with Crippen molar-refractivity contribution >= 4 is 44.5 Å². The highest BCUT2D eigenvalue weighted by atomic mass is 79.9. The second kappa shape index (κ2) is 7.37. The number of thiazole rings is 1. The molecule has 0 radical (unpaired) electrons. The van der Waals surface area contributed by atoms with Crippen LogP contribution in [0.25, 0.3) is 9.88 Å². The fourth-order valence-electron chi connectivity index (χ4n) is 2.04. The lowest BCUT2D eigenvalue weighted by molar-refractivity contribution is 0.0948. The van der Waals surface area contributed by atoms with Crippen molar-refractivity contribution in [3.8, 4) is 9.88 Å². The number of carbonyl (C=O) groups excluding carboxylic acids is 1. The highest BCUT2D eigenvalue weighted by Gasteiger charge is 2.12. The van der Waals surface area contributed by atoms with E-state index in [4.69, 9.17) is 0 Å². The Morgan fingerprint density at radius 3 is 2.96 bits per heavy atom. The van der Waals surface area contributed by atoms with Crippen LogP contribution in [0, 0.1) is 6.92 Å². The van der Waals surface area contributed by atoms with Crippen LogP contribution < -0.4 is 5.32 Å². The van der Waals surface area contributed by atoms with E-state index < -0.39 is 0 Å². The van der Waals surface area contributed by atoms with Crippen LogP contribution in [0.4, 0.5) is 0 Å². The zero-order chi connectivity index (χ0) is 16.2. The molecule has 0 aliphatic heterocycles. The Hall–Kier alpha value is -1.51. The molecular formula is C15H15BrN4OS2. The number of hydrogen-bond acceptors (Lipinski definition) is 5. The molecule has 3 aromatic heterocycles. The van der Waals surface area contributed by atoms with E-state index in [9.17, 15) is 4.79 Å². The van der Waals surface area contributed by atoms with Gasteiger partial charge in [-0.2, -0.15) is 5.10 Å². The summed E-state index contributed by atoms with van der Waals surface area (Å²) in [5.41, 5.74) is 1.62. The third-order valence-corrected chi connectivity index (χ3v) is 5.83. The first kappa shape index (κ1) is 16.4. The monoisotopic (exact) mass is 410 g/mol. The molecule has 0 aliphatic carbocycles. The van der Waals surface area contributed by atoms with Crippen LogP contribution in [0.15, 0.2) is 33.7 Å². The van der Waals surface area contributed by atoms with Crippen LogP contribution in [0.3, 0.4) is 0 Å². The quantitative estimate of drug-likeness (QED) is 0.625. The number of thiophene rings is 1. The van der Waals surface area contributed by atoms with Crippen molar-refractivity contribution in [3.05, 3.63) is 45.0 Å². The van der Waals surface area contributed by atoms with Gasteiger partial charge in [-0.1, -0.05) is 0 Å². The van der Waals surface area contributed by atoms with Gasteiger partial charge in [0.1, 0.15) is 10.7 Å². The van der Waals surface area contributed by atoms with Gasteiger partial charge in [0.15, 0.2) is 0 Å². The molecule has 0 atom stereocenters. The van der Waals surface area contributed by atoms with E-state index in [0.29, 0.717) is 12.2 Å². The summed E-state index contributed by atoms with van der Waals surface area (Å²) >= 11 is 6.52. The van der Waals surface area contributed by atoms with Crippen molar-refractivity contribution < 1.29 is 4.79 Å². The lowest BCUT2D eigenvalue weighted by Crippen LogP contribution is -2.25. The summed E-state index contributed by atoms with van der Waals surface area (Å²) in [5, 5.41) is 11.8. The fraction of sp³-hybridized carbons (Fsp3) is 0.267. The van der Waals surface area contributed by atoms with Crippen LogP contribution in [0.5, 0.6) is 0 Å². The zero-order valence-electron chi connectivity index (χ0n) is 12.5. The molecule has 0 unspecified atom stereocenters. The van der Waals surface area contributed by atoms with Gasteiger partial charge in [-0.25, -0.2) is 4.98 Å². The van der Waals surface area contributed by atoms with Crippen LogP contribution >= 0.6 is 38.6 Å². The van der Waals surface area contributed by atoms with Crippen molar-refractivity contribution in [2.24, 2.45) is 0 Å². The van der Waals surface area contributed by atoms with E-state index in [-0.39, 0.29) is 5.91 Å². The molecule has 0 bridgehead atoms. The lowest BCUT2D eigenvalue weighted by Gasteiger charge is -2.03. The first-order valence-corrected chi connectivity index (χ1v) is 9.64. The summed E-state index contributed by atoms with van der Waals surface area (Å²) in [7, 11) is 0. The lowest BCUT2D eigenvalue weighted by atomic mass is 10.4. The third-order valence-electron chi connectivity index (χ3n) is 3.13. The van der Waals surface area contributed by atoms with Gasteiger partial charge in [0.05, 0.1) is 11.1 Å². The van der Waals surface area contributed by atoms with Crippen molar-refractivity contribution in [3.63, 3.8) is 0 Å². The Balaban J connectivity index is 1.49. The number of carbonyl (C=O) groups is 1. The minimum Gasteiger partial charge on any atom is -0.351 e. The minimum atomic E-state index is -0.125.